The van der Waals surface area contributed by atoms with Crippen molar-refractivity contribution in [1.29, 1.82) is 0 Å². The summed E-state index contributed by atoms with van der Waals surface area (Å²) in [5, 5.41) is 22.6. The highest BCUT2D eigenvalue weighted by molar-refractivity contribution is 5.30. The molecular weight excluding hydrogens is 242 g/mol. The lowest BCUT2D eigenvalue weighted by atomic mass is 9.85. The van der Waals surface area contributed by atoms with E-state index < -0.39 is 0 Å². The largest absolute Gasteiger partial charge is 0.497 e. The van der Waals surface area contributed by atoms with Crippen LogP contribution in [-0.2, 0) is 0 Å². The summed E-state index contributed by atoms with van der Waals surface area (Å²) < 4.78 is 5.14. The Hall–Kier alpha value is -1.10. The number of piperidine rings is 1. The summed E-state index contributed by atoms with van der Waals surface area (Å²) in [5.41, 5.74) is 1.14. The van der Waals surface area contributed by atoms with Crippen LogP contribution < -0.4 is 10.1 Å². The van der Waals surface area contributed by atoms with E-state index in [0.717, 1.165) is 37.1 Å². The monoisotopic (exact) mass is 265 g/mol. The van der Waals surface area contributed by atoms with Crippen LogP contribution in [0.15, 0.2) is 24.3 Å². The van der Waals surface area contributed by atoms with Crippen LogP contribution >= 0.6 is 0 Å². The molecule has 4 nitrogen and oxygen atoms in total. The summed E-state index contributed by atoms with van der Waals surface area (Å²) in [7, 11) is 1.65. The summed E-state index contributed by atoms with van der Waals surface area (Å²) >= 11 is 0. The van der Waals surface area contributed by atoms with Crippen LogP contribution in [0.25, 0.3) is 0 Å². The first-order valence-electron chi connectivity index (χ1n) is 6.91. The van der Waals surface area contributed by atoms with E-state index in [-0.39, 0.29) is 18.6 Å². The second kappa shape index (κ2) is 6.89. The Labute approximate surface area is 114 Å². The SMILES string of the molecule is COc1ccc([C@@H]2CN[C@@H](CCCO)C[C@@H]2O)cc1. The molecule has 0 unspecified atom stereocenters. The van der Waals surface area contributed by atoms with Gasteiger partial charge in [0.25, 0.3) is 0 Å². The van der Waals surface area contributed by atoms with Crippen LogP contribution in [-0.4, -0.2) is 42.6 Å². The normalized spacial score (nSPS) is 27.2. The highest BCUT2D eigenvalue weighted by atomic mass is 16.5. The van der Waals surface area contributed by atoms with Gasteiger partial charge in [-0.25, -0.2) is 0 Å². The van der Waals surface area contributed by atoms with E-state index in [0.29, 0.717) is 6.04 Å². The van der Waals surface area contributed by atoms with Crippen molar-refractivity contribution in [2.45, 2.75) is 37.3 Å². The van der Waals surface area contributed by atoms with Crippen molar-refractivity contribution in [2.75, 3.05) is 20.3 Å². The zero-order chi connectivity index (χ0) is 13.7. The van der Waals surface area contributed by atoms with Crippen molar-refractivity contribution in [3.8, 4) is 5.75 Å². The van der Waals surface area contributed by atoms with Crippen LogP contribution in [0.5, 0.6) is 5.75 Å². The number of hydrogen-bond acceptors (Lipinski definition) is 4. The van der Waals surface area contributed by atoms with E-state index in [2.05, 4.69) is 5.32 Å². The van der Waals surface area contributed by atoms with Gasteiger partial charge in [-0.05, 0) is 37.0 Å². The number of nitrogens with one attached hydrogen (secondary N) is 1. The maximum absolute atomic E-state index is 10.3. The zero-order valence-electron chi connectivity index (χ0n) is 11.4. The van der Waals surface area contributed by atoms with Crippen molar-refractivity contribution in [3.05, 3.63) is 29.8 Å². The standard InChI is InChI=1S/C15H23NO3/c1-19-13-6-4-11(5-7-13)14-10-16-12(3-2-8-17)9-15(14)18/h4-7,12,14-18H,2-3,8-10H2,1H3/t12-,14-,15-/m0/s1. The molecule has 106 valence electrons. The Balaban J connectivity index is 1.94. The van der Waals surface area contributed by atoms with Gasteiger partial charge < -0.3 is 20.3 Å². The topological polar surface area (TPSA) is 61.7 Å². The highest BCUT2D eigenvalue weighted by Crippen LogP contribution is 2.28. The first-order valence-corrected chi connectivity index (χ1v) is 6.91. The lowest BCUT2D eigenvalue weighted by molar-refractivity contribution is 0.0900. The third kappa shape index (κ3) is 3.69. The van der Waals surface area contributed by atoms with Gasteiger partial charge in [0.05, 0.1) is 13.2 Å². The fourth-order valence-electron chi connectivity index (χ4n) is 2.72. The third-order valence-corrected chi connectivity index (χ3v) is 3.87. The first-order chi connectivity index (χ1) is 9.24. The molecule has 3 atom stereocenters. The Bertz CT molecular complexity index is 379. The molecule has 1 aromatic rings. The van der Waals surface area contributed by atoms with E-state index >= 15 is 0 Å². The van der Waals surface area contributed by atoms with Gasteiger partial charge in [-0.15, -0.1) is 0 Å². The summed E-state index contributed by atoms with van der Waals surface area (Å²) in [5.74, 6) is 0.971. The molecule has 1 fully saturated rings. The maximum Gasteiger partial charge on any atom is 0.118 e. The molecule has 2 rings (SSSR count). The number of aliphatic hydroxyl groups excluding tert-OH is 2. The Morgan fingerprint density at radius 2 is 2.05 bits per heavy atom. The Kier molecular flexibility index (Phi) is 5.19. The van der Waals surface area contributed by atoms with Crippen LogP contribution in [0.2, 0.25) is 0 Å². The average Bonchev–Trinajstić information content (AvgIpc) is 2.45. The van der Waals surface area contributed by atoms with Crippen molar-refractivity contribution < 1.29 is 14.9 Å². The molecule has 0 saturated carbocycles. The lowest BCUT2D eigenvalue weighted by Crippen LogP contribution is -2.45. The highest BCUT2D eigenvalue weighted by Gasteiger charge is 2.29. The molecule has 0 amide bonds. The van der Waals surface area contributed by atoms with Gasteiger partial charge in [0.2, 0.25) is 0 Å². The molecule has 0 bridgehead atoms. The number of methoxy groups -OCH3 is 1. The molecule has 0 spiro atoms. The third-order valence-electron chi connectivity index (χ3n) is 3.87. The van der Waals surface area contributed by atoms with Crippen LogP contribution in [0.4, 0.5) is 0 Å². The molecule has 1 aliphatic heterocycles. The maximum atomic E-state index is 10.3. The van der Waals surface area contributed by atoms with Crippen LogP contribution in [0, 0.1) is 0 Å². The number of aliphatic hydroxyl groups is 2. The van der Waals surface area contributed by atoms with E-state index in [1.807, 2.05) is 24.3 Å². The van der Waals surface area contributed by atoms with Crippen LogP contribution in [0.1, 0.15) is 30.7 Å². The van der Waals surface area contributed by atoms with Crippen molar-refractivity contribution >= 4 is 0 Å². The Morgan fingerprint density at radius 3 is 2.63 bits per heavy atom. The fourth-order valence-corrected chi connectivity index (χ4v) is 2.72. The number of rotatable bonds is 5. The molecule has 1 aromatic carbocycles. The molecule has 1 aliphatic rings. The van der Waals surface area contributed by atoms with Gasteiger partial charge in [0.15, 0.2) is 0 Å². The fraction of sp³-hybridized carbons (Fsp3) is 0.600. The molecule has 0 aromatic heterocycles. The molecule has 3 N–H and O–H groups in total. The quantitative estimate of drug-likeness (QED) is 0.750. The van der Waals surface area contributed by atoms with Crippen molar-refractivity contribution in [1.82, 2.24) is 5.32 Å². The Morgan fingerprint density at radius 1 is 1.32 bits per heavy atom. The molecule has 19 heavy (non-hydrogen) atoms. The van der Waals surface area contributed by atoms with Crippen LogP contribution in [0.3, 0.4) is 0 Å². The predicted molar refractivity (Wildman–Crippen MR) is 74.5 cm³/mol. The van der Waals surface area contributed by atoms with Gasteiger partial charge in [0, 0.05) is 25.1 Å². The average molecular weight is 265 g/mol. The van der Waals surface area contributed by atoms with E-state index in [1.54, 1.807) is 7.11 Å². The molecule has 0 aliphatic carbocycles. The van der Waals surface area contributed by atoms with Crippen molar-refractivity contribution in [2.24, 2.45) is 0 Å². The predicted octanol–water partition coefficient (Wildman–Crippen LogP) is 1.27. The van der Waals surface area contributed by atoms with Gasteiger partial charge >= 0.3 is 0 Å². The summed E-state index contributed by atoms with van der Waals surface area (Å²) in [6.07, 6.45) is 2.13. The summed E-state index contributed by atoms with van der Waals surface area (Å²) in [6, 6.07) is 8.21. The molecule has 0 radical (unpaired) electrons. The minimum absolute atomic E-state index is 0.135. The second-order valence-electron chi connectivity index (χ2n) is 5.15. The lowest BCUT2D eigenvalue weighted by Gasteiger charge is -2.34. The van der Waals surface area contributed by atoms with E-state index in [1.165, 1.54) is 0 Å². The molecule has 1 saturated heterocycles. The minimum Gasteiger partial charge on any atom is -0.497 e. The molecule has 1 heterocycles. The van der Waals surface area contributed by atoms with Crippen molar-refractivity contribution in [3.63, 3.8) is 0 Å². The van der Waals surface area contributed by atoms with E-state index in [4.69, 9.17) is 9.84 Å². The number of hydrogen-bond donors (Lipinski definition) is 3. The number of benzene rings is 1. The van der Waals surface area contributed by atoms with Gasteiger partial charge in [-0.1, -0.05) is 12.1 Å². The molecular formula is C15H23NO3. The summed E-state index contributed by atoms with van der Waals surface area (Å²) in [4.78, 5) is 0. The van der Waals surface area contributed by atoms with Gasteiger partial charge in [0.1, 0.15) is 5.75 Å². The zero-order valence-corrected chi connectivity index (χ0v) is 11.4. The van der Waals surface area contributed by atoms with E-state index in [9.17, 15) is 5.11 Å². The second-order valence-corrected chi connectivity index (χ2v) is 5.15. The number of ether oxygens (including phenoxy) is 1. The van der Waals surface area contributed by atoms with Gasteiger partial charge in [-0.2, -0.15) is 0 Å². The van der Waals surface area contributed by atoms with Gasteiger partial charge in [-0.3, -0.25) is 0 Å². The first kappa shape index (κ1) is 14.3. The smallest absolute Gasteiger partial charge is 0.118 e. The molecule has 4 heteroatoms. The summed E-state index contributed by atoms with van der Waals surface area (Å²) in [6.45, 7) is 1.000. The minimum atomic E-state index is -0.321.